The van der Waals surface area contributed by atoms with Crippen LogP contribution in [0.25, 0.3) is 0 Å². The van der Waals surface area contributed by atoms with Gasteiger partial charge in [0, 0.05) is 6.04 Å². The molecule has 0 radical (unpaired) electrons. The molecule has 0 unspecified atom stereocenters. The van der Waals surface area contributed by atoms with Crippen LogP contribution in [0.15, 0.2) is 0 Å². The predicted molar refractivity (Wildman–Crippen MR) is 53.5 cm³/mol. The maximum Gasteiger partial charge on any atom is 0.442 e. The Morgan fingerprint density at radius 1 is 1.27 bits per heavy atom. The highest BCUT2D eigenvalue weighted by Crippen LogP contribution is 2.29. The quantitative estimate of drug-likeness (QED) is 0.823. The molecule has 0 atom stereocenters. The molecule has 0 aromatic rings. The Morgan fingerprint density at radius 3 is 2.40 bits per heavy atom. The van der Waals surface area contributed by atoms with Gasteiger partial charge in [0.25, 0.3) is 0 Å². The number of nitrogens with one attached hydrogen (secondary N) is 1. The normalized spacial score (nSPS) is 18.9. The van der Waals surface area contributed by atoms with Gasteiger partial charge in [-0.2, -0.15) is 13.2 Å². The summed E-state index contributed by atoms with van der Waals surface area (Å²) in [6, 6.07) is 0.0834. The van der Waals surface area contributed by atoms with Crippen LogP contribution in [0.1, 0.15) is 32.1 Å². The van der Waals surface area contributed by atoms with Gasteiger partial charge in [0.15, 0.2) is 0 Å². The van der Waals surface area contributed by atoms with E-state index in [1.807, 2.05) is 0 Å². The summed E-state index contributed by atoms with van der Waals surface area (Å²) in [5, 5.41) is 2.63. The number of hydrogen-bond donors (Lipinski definition) is 1. The van der Waals surface area contributed by atoms with Crippen molar-refractivity contribution in [1.82, 2.24) is 5.32 Å². The molecule has 1 aliphatic carbocycles. The van der Waals surface area contributed by atoms with Crippen LogP contribution in [0.4, 0.5) is 13.2 Å². The Balaban J connectivity index is 2.17. The molecule has 15 heavy (non-hydrogen) atoms. The number of carbonyl (C=O) groups is 1. The van der Waals surface area contributed by atoms with E-state index in [0.29, 0.717) is 0 Å². The SMILES string of the molecule is O=C(CSC(F)(F)F)NC1CCCCC1. The lowest BCUT2D eigenvalue weighted by atomic mass is 9.95. The molecule has 1 aliphatic rings. The molecule has 1 rings (SSSR count). The van der Waals surface area contributed by atoms with E-state index in [-0.39, 0.29) is 17.8 Å². The Morgan fingerprint density at radius 2 is 1.87 bits per heavy atom. The van der Waals surface area contributed by atoms with Crippen LogP contribution in [0.5, 0.6) is 0 Å². The van der Waals surface area contributed by atoms with Crippen LogP contribution >= 0.6 is 11.8 Å². The molecule has 0 aliphatic heterocycles. The topological polar surface area (TPSA) is 29.1 Å². The monoisotopic (exact) mass is 241 g/mol. The highest BCUT2D eigenvalue weighted by atomic mass is 32.2. The van der Waals surface area contributed by atoms with Gasteiger partial charge in [0.1, 0.15) is 0 Å². The summed E-state index contributed by atoms with van der Waals surface area (Å²) >= 11 is -0.282. The van der Waals surface area contributed by atoms with Crippen molar-refractivity contribution in [2.24, 2.45) is 0 Å². The third-order valence-corrected chi connectivity index (χ3v) is 3.07. The summed E-state index contributed by atoms with van der Waals surface area (Å²) in [5.74, 6) is -1.04. The van der Waals surface area contributed by atoms with Crippen molar-refractivity contribution in [1.29, 1.82) is 0 Å². The second kappa shape index (κ2) is 5.63. The van der Waals surface area contributed by atoms with E-state index in [1.54, 1.807) is 0 Å². The minimum Gasteiger partial charge on any atom is -0.353 e. The van der Waals surface area contributed by atoms with Gasteiger partial charge in [0.2, 0.25) is 5.91 Å². The second-order valence-electron chi connectivity index (χ2n) is 3.64. The first-order valence-corrected chi connectivity index (χ1v) is 5.96. The Kier molecular flexibility index (Phi) is 4.76. The van der Waals surface area contributed by atoms with Gasteiger partial charge in [-0.1, -0.05) is 19.3 Å². The van der Waals surface area contributed by atoms with E-state index in [9.17, 15) is 18.0 Å². The van der Waals surface area contributed by atoms with Gasteiger partial charge in [-0.15, -0.1) is 0 Å². The van der Waals surface area contributed by atoms with Crippen molar-refractivity contribution in [2.75, 3.05) is 5.75 Å². The van der Waals surface area contributed by atoms with Gasteiger partial charge in [0.05, 0.1) is 5.75 Å². The van der Waals surface area contributed by atoms with Crippen LogP contribution in [-0.4, -0.2) is 23.2 Å². The summed E-state index contributed by atoms with van der Waals surface area (Å²) in [5.41, 5.74) is -4.32. The van der Waals surface area contributed by atoms with Crippen LogP contribution in [0.2, 0.25) is 0 Å². The maximum absolute atomic E-state index is 11.8. The lowest BCUT2D eigenvalue weighted by Gasteiger charge is -2.22. The summed E-state index contributed by atoms with van der Waals surface area (Å²) in [6.07, 6.45) is 5.04. The van der Waals surface area contributed by atoms with Crippen molar-refractivity contribution < 1.29 is 18.0 Å². The number of alkyl halides is 3. The largest absolute Gasteiger partial charge is 0.442 e. The number of carbonyl (C=O) groups excluding carboxylic acids is 1. The standard InChI is InChI=1S/C9H14F3NOS/c10-9(11,12)15-6-8(14)13-7-4-2-1-3-5-7/h7H,1-6H2,(H,13,14). The molecule has 0 aromatic heterocycles. The maximum atomic E-state index is 11.8. The van der Waals surface area contributed by atoms with E-state index in [1.165, 1.54) is 0 Å². The molecule has 0 heterocycles. The van der Waals surface area contributed by atoms with Crippen molar-refractivity contribution in [3.8, 4) is 0 Å². The van der Waals surface area contributed by atoms with E-state index in [2.05, 4.69) is 5.32 Å². The summed E-state index contributed by atoms with van der Waals surface area (Å²) in [6.45, 7) is 0. The first-order valence-electron chi connectivity index (χ1n) is 4.97. The first-order chi connectivity index (χ1) is 6.97. The fraction of sp³-hybridized carbons (Fsp3) is 0.889. The molecule has 0 spiro atoms. The van der Waals surface area contributed by atoms with Crippen molar-refractivity contribution in [3.63, 3.8) is 0 Å². The minimum absolute atomic E-state index is 0.0834. The van der Waals surface area contributed by atoms with Crippen molar-refractivity contribution >= 4 is 17.7 Å². The smallest absolute Gasteiger partial charge is 0.353 e. The first kappa shape index (κ1) is 12.7. The number of amides is 1. The molecule has 1 N–H and O–H groups in total. The Labute approximate surface area is 91.0 Å². The molecular formula is C9H14F3NOS. The number of halogens is 3. The summed E-state index contributed by atoms with van der Waals surface area (Å²) < 4.78 is 35.3. The number of hydrogen-bond acceptors (Lipinski definition) is 2. The van der Waals surface area contributed by atoms with Gasteiger partial charge in [-0.3, -0.25) is 4.79 Å². The molecule has 1 amide bonds. The summed E-state index contributed by atoms with van der Waals surface area (Å²) in [4.78, 5) is 11.1. The number of rotatable bonds is 3. The van der Waals surface area contributed by atoms with Crippen LogP contribution < -0.4 is 5.32 Å². The Hall–Kier alpha value is -0.390. The lowest BCUT2D eigenvalue weighted by Crippen LogP contribution is -2.37. The van der Waals surface area contributed by atoms with Gasteiger partial charge in [-0.25, -0.2) is 0 Å². The molecule has 1 fully saturated rings. The van der Waals surface area contributed by atoms with Crippen LogP contribution in [0, 0.1) is 0 Å². The molecule has 1 saturated carbocycles. The highest BCUT2D eigenvalue weighted by molar-refractivity contribution is 8.00. The average Bonchev–Trinajstić information content (AvgIpc) is 2.15. The van der Waals surface area contributed by atoms with Crippen molar-refractivity contribution in [2.45, 2.75) is 43.7 Å². The second-order valence-corrected chi connectivity index (χ2v) is 4.68. The molecule has 0 bridgehead atoms. The van der Waals surface area contributed by atoms with E-state index in [4.69, 9.17) is 0 Å². The van der Waals surface area contributed by atoms with E-state index < -0.39 is 17.2 Å². The van der Waals surface area contributed by atoms with E-state index in [0.717, 1.165) is 32.1 Å². The number of thioether (sulfide) groups is 1. The van der Waals surface area contributed by atoms with E-state index >= 15 is 0 Å². The van der Waals surface area contributed by atoms with Gasteiger partial charge < -0.3 is 5.32 Å². The molecule has 0 aromatic carbocycles. The van der Waals surface area contributed by atoms with Crippen molar-refractivity contribution in [3.05, 3.63) is 0 Å². The predicted octanol–water partition coefficient (Wildman–Crippen LogP) is 2.69. The zero-order valence-corrected chi connectivity index (χ0v) is 9.09. The zero-order chi connectivity index (χ0) is 11.3. The molecule has 2 nitrogen and oxygen atoms in total. The Bertz CT molecular complexity index is 214. The fourth-order valence-corrected chi connectivity index (χ4v) is 2.04. The van der Waals surface area contributed by atoms with Gasteiger partial charge in [-0.05, 0) is 24.6 Å². The molecule has 88 valence electrons. The fourth-order valence-electron chi connectivity index (χ4n) is 1.66. The third-order valence-electron chi connectivity index (χ3n) is 2.34. The molecule has 6 heteroatoms. The highest BCUT2D eigenvalue weighted by Gasteiger charge is 2.29. The zero-order valence-electron chi connectivity index (χ0n) is 8.27. The van der Waals surface area contributed by atoms with Gasteiger partial charge >= 0.3 is 5.51 Å². The molecule has 0 saturated heterocycles. The van der Waals surface area contributed by atoms with Crippen LogP contribution in [0.3, 0.4) is 0 Å². The lowest BCUT2D eigenvalue weighted by molar-refractivity contribution is -0.119. The minimum atomic E-state index is -4.32. The van der Waals surface area contributed by atoms with Crippen LogP contribution in [-0.2, 0) is 4.79 Å². The molecular weight excluding hydrogens is 227 g/mol. The third kappa shape index (κ3) is 5.92. The summed E-state index contributed by atoms with van der Waals surface area (Å²) in [7, 11) is 0. The average molecular weight is 241 g/mol.